The van der Waals surface area contributed by atoms with E-state index in [1.165, 1.54) is 5.56 Å². The monoisotopic (exact) mass is 425 g/mol. The molecule has 2 N–H and O–H groups in total. The van der Waals surface area contributed by atoms with Gasteiger partial charge in [-0.2, -0.15) is 0 Å². The highest BCUT2D eigenvalue weighted by atomic mass is 16.6. The molecule has 0 bridgehead atoms. The summed E-state index contributed by atoms with van der Waals surface area (Å²) in [4.78, 5) is 17.2. The van der Waals surface area contributed by atoms with Gasteiger partial charge in [-0.15, -0.1) is 0 Å². The minimum atomic E-state index is -0.556. The van der Waals surface area contributed by atoms with Crippen LogP contribution >= 0.6 is 0 Å². The number of amides is 1. The van der Waals surface area contributed by atoms with Gasteiger partial charge in [0.15, 0.2) is 0 Å². The van der Waals surface area contributed by atoms with Crippen LogP contribution in [0.5, 0.6) is 0 Å². The van der Waals surface area contributed by atoms with Crippen LogP contribution in [-0.2, 0) is 24.4 Å². The van der Waals surface area contributed by atoms with Gasteiger partial charge in [-0.25, -0.2) is 4.79 Å². The number of hydrogen-bond acceptors (Lipinski definition) is 4. The first-order valence-electron chi connectivity index (χ1n) is 11.4. The van der Waals surface area contributed by atoms with Crippen LogP contribution in [0.15, 0.2) is 48.5 Å². The number of ether oxygens (including phenoxy) is 1. The Morgan fingerprint density at radius 1 is 0.839 bits per heavy atom. The standard InChI is InChI=1S/C26H39N3O2/c1-6-16-28(17-7-2)19-22-12-14-24(15-13-22)29(25(30)31-26(3,4)5)20-23-10-8-21(18-27)9-11-23/h8-15H,6-7,16-20,27H2,1-5H3. The number of hydrogen-bond donors (Lipinski definition) is 1. The van der Waals surface area contributed by atoms with Gasteiger partial charge in [-0.3, -0.25) is 9.80 Å². The van der Waals surface area contributed by atoms with Crippen molar-refractivity contribution < 1.29 is 9.53 Å². The molecule has 0 aliphatic rings. The third-order valence-electron chi connectivity index (χ3n) is 4.95. The molecular weight excluding hydrogens is 386 g/mol. The molecule has 0 fully saturated rings. The van der Waals surface area contributed by atoms with Crippen LogP contribution in [0.25, 0.3) is 0 Å². The second-order valence-corrected chi connectivity index (χ2v) is 9.03. The first kappa shape index (κ1) is 24.9. The Bertz CT molecular complexity index is 789. The molecule has 0 aliphatic heterocycles. The van der Waals surface area contributed by atoms with Crippen molar-refractivity contribution in [2.45, 2.75) is 72.7 Å². The van der Waals surface area contributed by atoms with Crippen LogP contribution in [0.4, 0.5) is 10.5 Å². The van der Waals surface area contributed by atoms with E-state index in [2.05, 4.69) is 30.9 Å². The van der Waals surface area contributed by atoms with E-state index in [9.17, 15) is 4.79 Å². The predicted octanol–water partition coefficient (Wildman–Crippen LogP) is 5.71. The van der Waals surface area contributed by atoms with Gasteiger partial charge in [0.1, 0.15) is 5.60 Å². The van der Waals surface area contributed by atoms with E-state index in [1.807, 2.05) is 57.2 Å². The number of rotatable bonds is 10. The molecule has 0 saturated heterocycles. The Hall–Kier alpha value is -2.37. The zero-order chi connectivity index (χ0) is 22.9. The third-order valence-corrected chi connectivity index (χ3v) is 4.95. The SMILES string of the molecule is CCCN(CCC)Cc1ccc(N(Cc2ccc(CN)cc2)C(=O)OC(C)(C)C)cc1. The normalized spacial score (nSPS) is 11.6. The molecule has 0 aliphatic carbocycles. The highest BCUT2D eigenvalue weighted by molar-refractivity contribution is 5.87. The zero-order valence-corrected chi connectivity index (χ0v) is 19.9. The van der Waals surface area contributed by atoms with Crippen LogP contribution in [0.3, 0.4) is 0 Å². The van der Waals surface area contributed by atoms with E-state index in [0.717, 1.165) is 49.3 Å². The molecule has 1 amide bonds. The number of nitrogens with zero attached hydrogens (tertiary/aromatic N) is 2. The summed E-state index contributed by atoms with van der Waals surface area (Å²) in [6.45, 7) is 14.1. The molecule has 0 atom stereocenters. The molecule has 2 rings (SSSR count). The van der Waals surface area contributed by atoms with Crippen molar-refractivity contribution in [3.05, 3.63) is 65.2 Å². The second kappa shape index (κ2) is 11.9. The molecule has 170 valence electrons. The highest BCUT2D eigenvalue weighted by Gasteiger charge is 2.23. The Morgan fingerprint density at radius 2 is 1.32 bits per heavy atom. The van der Waals surface area contributed by atoms with E-state index >= 15 is 0 Å². The van der Waals surface area contributed by atoms with Gasteiger partial charge in [0, 0.05) is 18.8 Å². The molecule has 5 nitrogen and oxygen atoms in total. The van der Waals surface area contributed by atoms with Crippen LogP contribution < -0.4 is 10.6 Å². The zero-order valence-electron chi connectivity index (χ0n) is 19.9. The fraction of sp³-hybridized carbons (Fsp3) is 0.500. The van der Waals surface area contributed by atoms with Crippen molar-refractivity contribution in [1.82, 2.24) is 4.90 Å². The smallest absolute Gasteiger partial charge is 0.415 e. The van der Waals surface area contributed by atoms with Crippen molar-refractivity contribution in [2.24, 2.45) is 5.73 Å². The highest BCUT2D eigenvalue weighted by Crippen LogP contribution is 2.22. The van der Waals surface area contributed by atoms with E-state index in [-0.39, 0.29) is 6.09 Å². The van der Waals surface area contributed by atoms with Gasteiger partial charge in [0.2, 0.25) is 0 Å². The number of carbonyl (C=O) groups excluding carboxylic acids is 1. The molecule has 0 radical (unpaired) electrons. The minimum absolute atomic E-state index is 0.346. The summed E-state index contributed by atoms with van der Waals surface area (Å²) < 4.78 is 5.69. The minimum Gasteiger partial charge on any atom is -0.443 e. The first-order valence-corrected chi connectivity index (χ1v) is 11.4. The molecule has 2 aromatic rings. The molecule has 0 spiro atoms. The Kier molecular flexibility index (Phi) is 9.53. The van der Waals surface area contributed by atoms with E-state index in [1.54, 1.807) is 4.90 Å². The van der Waals surface area contributed by atoms with Gasteiger partial charge in [-0.05, 0) is 75.5 Å². The first-order chi connectivity index (χ1) is 14.8. The van der Waals surface area contributed by atoms with Crippen LogP contribution in [-0.4, -0.2) is 29.7 Å². The lowest BCUT2D eigenvalue weighted by Crippen LogP contribution is -2.36. The summed E-state index contributed by atoms with van der Waals surface area (Å²) in [6, 6.07) is 16.3. The number of benzene rings is 2. The van der Waals surface area contributed by atoms with Crippen molar-refractivity contribution in [3.8, 4) is 0 Å². The lowest BCUT2D eigenvalue weighted by atomic mass is 10.1. The average Bonchev–Trinajstić information content (AvgIpc) is 2.72. The van der Waals surface area contributed by atoms with Crippen LogP contribution in [0.2, 0.25) is 0 Å². The van der Waals surface area contributed by atoms with Crippen molar-refractivity contribution in [1.29, 1.82) is 0 Å². The summed E-state index contributed by atoms with van der Waals surface area (Å²) in [5.74, 6) is 0. The summed E-state index contributed by atoms with van der Waals surface area (Å²) in [7, 11) is 0. The largest absolute Gasteiger partial charge is 0.443 e. The van der Waals surface area contributed by atoms with Gasteiger partial charge >= 0.3 is 6.09 Å². The summed E-state index contributed by atoms with van der Waals surface area (Å²) in [5, 5.41) is 0. The summed E-state index contributed by atoms with van der Waals surface area (Å²) in [5.41, 5.74) is 9.34. The molecule has 0 saturated carbocycles. The molecule has 2 aromatic carbocycles. The van der Waals surface area contributed by atoms with Crippen LogP contribution in [0, 0.1) is 0 Å². The van der Waals surface area contributed by atoms with E-state index < -0.39 is 5.60 Å². The van der Waals surface area contributed by atoms with Gasteiger partial charge < -0.3 is 10.5 Å². The van der Waals surface area contributed by atoms with Crippen molar-refractivity contribution in [2.75, 3.05) is 18.0 Å². The predicted molar refractivity (Wildman–Crippen MR) is 129 cm³/mol. The van der Waals surface area contributed by atoms with Crippen molar-refractivity contribution >= 4 is 11.8 Å². The molecule has 5 heteroatoms. The Morgan fingerprint density at radius 3 is 1.81 bits per heavy atom. The van der Waals surface area contributed by atoms with E-state index in [0.29, 0.717) is 13.1 Å². The maximum Gasteiger partial charge on any atom is 0.415 e. The summed E-state index contributed by atoms with van der Waals surface area (Å²) in [6.07, 6.45) is 1.95. The lowest BCUT2D eigenvalue weighted by molar-refractivity contribution is 0.0577. The third kappa shape index (κ3) is 8.35. The number of carbonyl (C=O) groups is 1. The van der Waals surface area contributed by atoms with Crippen molar-refractivity contribution in [3.63, 3.8) is 0 Å². The lowest BCUT2D eigenvalue weighted by Gasteiger charge is -2.28. The summed E-state index contributed by atoms with van der Waals surface area (Å²) >= 11 is 0. The van der Waals surface area contributed by atoms with Gasteiger partial charge in [0.05, 0.1) is 6.54 Å². The van der Waals surface area contributed by atoms with Gasteiger partial charge in [-0.1, -0.05) is 50.2 Å². The molecule has 0 heterocycles. The average molecular weight is 426 g/mol. The Balaban J connectivity index is 2.22. The quantitative estimate of drug-likeness (QED) is 0.530. The second-order valence-electron chi connectivity index (χ2n) is 9.03. The molecule has 0 aromatic heterocycles. The van der Waals surface area contributed by atoms with E-state index in [4.69, 9.17) is 10.5 Å². The maximum atomic E-state index is 13.0. The fourth-order valence-corrected chi connectivity index (χ4v) is 3.48. The fourth-order valence-electron chi connectivity index (χ4n) is 3.48. The number of anilines is 1. The molecular formula is C26H39N3O2. The Labute approximate surface area is 188 Å². The topological polar surface area (TPSA) is 58.8 Å². The molecule has 0 unspecified atom stereocenters. The van der Waals surface area contributed by atoms with Gasteiger partial charge in [0.25, 0.3) is 0 Å². The molecule has 31 heavy (non-hydrogen) atoms. The number of nitrogens with two attached hydrogens (primary N) is 1. The maximum absolute atomic E-state index is 13.0. The van der Waals surface area contributed by atoms with Crippen LogP contribution in [0.1, 0.15) is 64.2 Å².